The molecule has 0 spiro atoms. The number of H-pyrrole nitrogens is 1. The summed E-state index contributed by atoms with van der Waals surface area (Å²) in [6.45, 7) is 4.00. The molecular weight excluding hydrogens is 361 g/mol. The molecular formula is C18H21Cl2N3O2. The standard InChI is InChI=1S/C15H11Cl2N3O.C2H6.CH4O/c16-13-4-3-11-12(9-7-18-19-8-9)6-10(2-1-5-21)20-15(11)14(13)17;2*1-2/h3-8H,1-2H2,(H,18,19);1-2H3;2H,1H3. The first-order valence-electron chi connectivity index (χ1n) is 7.86. The van der Waals surface area contributed by atoms with Crippen LogP contribution in [0.25, 0.3) is 22.0 Å². The Morgan fingerprint density at radius 1 is 1.24 bits per heavy atom. The number of carbonyl (C=O) groups excluding carboxylic acids is 1. The zero-order valence-electron chi connectivity index (χ0n) is 14.4. The van der Waals surface area contributed by atoms with Crippen molar-refractivity contribution in [3.8, 4) is 11.1 Å². The minimum absolute atomic E-state index is 0.418. The van der Waals surface area contributed by atoms with Crippen molar-refractivity contribution < 1.29 is 9.90 Å². The first-order chi connectivity index (χ1) is 12.2. The molecule has 0 saturated carbocycles. The van der Waals surface area contributed by atoms with Crippen molar-refractivity contribution in [2.24, 2.45) is 0 Å². The highest BCUT2D eigenvalue weighted by molar-refractivity contribution is 6.45. The van der Waals surface area contributed by atoms with Crippen LogP contribution in [0.15, 0.2) is 30.6 Å². The fourth-order valence-corrected chi connectivity index (χ4v) is 2.62. The van der Waals surface area contributed by atoms with E-state index in [0.29, 0.717) is 28.4 Å². The fraction of sp³-hybridized carbons (Fsp3) is 0.278. The molecule has 0 bridgehead atoms. The van der Waals surface area contributed by atoms with Crippen molar-refractivity contribution in [3.05, 3.63) is 46.3 Å². The number of pyridine rings is 1. The molecule has 5 nitrogen and oxygen atoms in total. The van der Waals surface area contributed by atoms with Gasteiger partial charge in [0.15, 0.2) is 0 Å². The van der Waals surface area contributed by atoms with E-state index in [1.807, 2.05) is 26.0 Å². The summed E-state index contributed by atoms with van der Waals surface area (Å²) in [7, 11) is 1.00. The number of rotatable bonds is 4. The van der Waals surface area contributed by atoms with Crippen LogP contribution in [-0.4, -0.2) is 33.7 Å². The molecule has 25 heavy (non-hydrogen) atoms. The van der Waals surface area contributed by atoms with Crippen molar-refractivity contribution in [2.75, 3.05) is 7.11 Å². The summed E-state index contributed by atoms with van der Waals surface area (Å²) < 4.78 is 0. The van der Waals surface area contributed by atoms with E-state index in [1.165, 1.54) is 0 Å². The van der Waals surface area contributed by atoms with E-state index in [0.717, 1.165) is 35.6 Å². The quantitative estimate of drug-likeness (QED) is 0.641. The molecule has 0 radical (unpaired) electrons. The van der Waals surface area contributed by atoms with Crippen molar-refractivity contribution in [1.29, 1.82) is 0 Å². The highest BCUT2D eigenvalue weighted by atomic mass is 35.5. The number of carbonyl (C=O) groups is 1. The number of aliphatic hydroxyl groups is 1. The number of nitrogens with one attached hydrogen (secondary N) is 1. The lowest BCUT2D eigenvalue weighted by Crippen LogP contribution is -1.95. The summed E-state index contributed by atoms with van der Waals surface area (Å²) in [6.07, 6.45) is 5.40. The van der Waals surface area contributed by atoms with Crippen molar-refractivity contribution in [1.82, 2.24) is 15.2 Å². The first-order valence-corrected chi connectivity index (χ1v) is 8.61. The number of hydrogen-bond donors (Lipinski definition) is 2. The van der Waals surface area contributed by atoms with E-state index < -0.39 is 0 Å². The average Bonchev–Trinajstić information content (AvgIpc) is 3.20. The topological polar surface area (TPSA) is 78.9 Å². The van der Waals surface area contributed by atoms with Gasteiger partial charge in [0.05, 0.1) is 21.8 Å². The number of nitrogens with zero attached hydrogens (tertiary/aromatic N) is 2. The minimum atomic E-state index is 0.418. The molecule has 0 aliphatic rings. The van der Waals surface area contributed by atoms with Crippen molar-refractivity contribution in [2.45, 2.75) is 26.7 Å². The van der Waals surface area contributed by atoms with Crippen LogP contribution in [0.1, 0.15) is 26.0 Å². The number of halogens is 2. The molecule has 134 valence electrons. The van der Waals surface area contributed by atoms with Crippen LogP contribution in [0.4, 0.5) is 0 Å². The summed E-state index contributed by atoms with van der Waals surface area (Å²) >= 11 is 12.4. The summed E-state index contributed by atoms with van der Waals surface area (Å²) in [4.78, 5) is 15.1. The summed E-state index contributed by atoms with van der Waals surface area (Å²) in [6, 6.07) is 5.60. The van der Waals surface area contributed by atoms with Crippen molar-refractivity contribution >= 4 is 40.4 Å². The Bertz CT molecular complexity index is 806. The van der Waals surface area contributed by atoms with Gasteiger partial charge in [-0.25, -0.2) is 0 Å². The monoisotopic (exact) mass is 381 g/mol. The Labute approximate surface area is 157 Å². The van der Waals surface area contributed by atoms with E-state index in [9.17, 15) is 4.79 Å². The molecule has 0 atom stereocenters. The smallest absolute Gasteiger partial charge is 0.120 e. The summed E-state index contributed by atoms with van der Waals surface area (Å²) in [5.74, 6) is 0. The van der Waals surface area contributed by atoms with E-state index in [4.69, 9.17) is 28.3 Å². The fourth-order valence-electron chi connectivity index (χ4n) is 2.26. The molecule has 0 saturated heterocycles. The highest BCUT2D eigenvalue weighted by Crippen LogP contribution is 2.35. The largest absolute Gasteiger partial charge is 0.400 e. The summed E-state index contributed by atoms with van der Waals surface area (Å²) in [5.41, 5.74) is 3.35. The van der Waals surface area contributed by atoms with Crippen LogP contribution < -0.4 is 0 Å². The second-order valence-electron chi connectivity index (χ2n) is 4.61. The van der Waals surface area contributed by atoms with Gasteiger partial charge < -0.3 is 9.90 Å². The number of aromatic nitrogens is 3. The van der Waals surface area contributed by atoms with E-state index in [1.54, 1.807) is 18.5 Å². The molecule has 0 unspecified atom stereocenters. The molecule has 0 amide bonds. The predicted molar refractivity (Wildman–Crippen MR) is 103 cm³/mol. The third kappa shape index (κ3) is 5.01. The maximum Gasteiger partial charge on any atom is 0.120 e. The lowest BCUT2D eigenvalue weighted by molar-refractivity contribution is -0.107. The first kappa shape index (κ1) is 21.1. The molecule has 3 rings (SSSR count). The molecule has 0 aliphatic heterocycles. The van der Waals surface area contributed by atoms with E-state index >= 15 is 0 Å². The Balaban J connectivity index is 0.000000730. The Morgan fingerprint density at radius 2 is 1.96 bits per heavy atom. The van der Waals surface area contributed by atoms with Gasteiger partial charge in [-0.15, -0.1) is 0 Å². The number of hydrogen-bond acceptors (Lipinski definition) is 4. The molecule has 1 aromatic carbocycles. The third-order valence-corrected chi connectivity index (χ3v) is 4.05. The number of aliphatic hydroxyl groups excluding tert-OH is 1. The lowest BCUT2D eigenvalue weighted by Gasteiger charge is -2.10. The van der Waals surface area contributed by atoms with Gasteiger partial charge in [-0.3, -0.25) is 10.1 Å². The maximum absolute atomic E-state index is 10.6. The molecule has 0 aliphatic carbocycles. The average molecular weight is 382 g/mol. The van der Waals surface area contributed by atoms with Gasteiger partial charge in [-0.1, -0.05) is 43.1 Å². The van der Waals surface area contributed by atoms with Gasteiger partial charge in [0, 0.05) is 36.4 Å². The summed E-state index contributed by atoms with van der Waals surface area (Å²) in [5, 5.41) is 15.6. The van der Waals surface area contributed by atoms with Gasteiger partial charge in [0.1, 0.15) is 6.29 Å². The molecule has 2 heterocycles. The molecule has 3 aromatic rings. The van der Waals surface area contributed by atoms with Gasteiger partial charge in [-0.05, 0) is 24.1 Å². The van der Waals surface area contributed by atoms with Crippen LogP contribution >= 0.6 is 23.2 Å². The van der Waals surface area contributed by atoms with Gasteiger partial charge >= 0.3 is 0 Å². The normalized spacial score (nSPS) is 9.68. The Kier molecular flexibility index (Phi) is 9.13. The predicted octanol–water partition coefficient (Wildman–Crippen LogP) is 4.70. The zero-order chi connectivity index (χ0) is 18.8. The van der Waals surface area contributed by atoms with Crippen LogP contribution in [0.3, 0.4) is 0 Å². The van der Waals surface area contributed by atoms with Crippen LogP contribution in [0, 0.1) is 0 Å². The third-order valence-electron chi connectivity index (χ3n) is 3.25. The number of aromatic amines is 1. The second kappa shape index (κ2) is 10.8. The maximum atomic E-state index is 10.6. The van der Waals surface area contributed by atoms with E-state index in [-0.39, 0.29) is 0 Å². The number of aryl methyl sites for hydroxylation is 1. The van der Waals surface area contributed by atoms with Gasteiger partial charge in [0.25, 0.3) is 0 Å². The van der Waals surface area contributed by atoms with Gasteiger partial charge in [0.2, 0.25) is 0 Å². The Hall–Kier alpha value is -1.95. The number of benzene rings is 1. The van der Waals surface area contributed by atoms with Crippen LogP contribution in [0.5, 0.6) is 0 Å². The number of aldehydes is 1. The van der Waals surface area contributed by atoms with Crippen LogP contribution in [0.2, 0.25) is 10.0 Å². The van der Waals surface area contributed by atoms with Crippen LogP contribution in [-0.2, 0) is 11.2 Å². The molecule has 2 aromatic heterocycles. The molecule has 0 fully saturated rings. The van der Waals surface area contributed by atoms with Crippen molar-refractivity contribution in [3.63, 3.8) is 0 Å². The minimum Gasteiger partial charge on any atom is -0.400 e. The molecule has 7 heteroatoms. The van der Waals surface area contributed by atoms with Gasteiger partial charge in [-0.2, -0.15) is 5.10 Å². The SMILES string of the molecule is CC.CO.O=CCCc1cc(-c2cn[nH]c2)c2ccc(Cl)c(Cl)c2n1. The van der Waals surface area contributed by atoms with E-state index in [2.05, 4.69) is 15.2 Å². The number of fused-ring (bicyclic) bond motifs is 1. The second-order valence-corrected chi connectivity index (χ2v) is 5.40. The zero-order valence-corrected chi connectivity index (χ0v) is 15.9. The Morgan fingerprint density at radius 3 is 2.56 bits per heavy atom. The molecule has 2 N–H and O–H groups in total. The highest BCUT2D eigenvalue weighted by Gasteiger charge is 2.13. The lowest BCUT2D eigenvalue weighted by atomic mass is 10.0.